The highest BCUT2D eigenvalue weighted by Crippen LogP contribution is 2.35. The SMILES string of the molecule is C=CCc1cc(/C=C(/C#N)c2ccc(Cl)cc2Cl)cc(OC)c1OCC(=O)O. The number of aliphatic carboxylic acids is 1. The Morgan fingerprint density at radius 1 is 1.32 bits per heavy atom. The Labute approximate surface area is 173 Å². The zero-order valence-electron chi connectivity index (χ0n) is 15.0. The second kappa shape index (κ2) is 9.84. The molecule has 2 rings (SSSR count). The Hall–Kier alpha value is -2.94. The van der Waals surface area contributed by atoms with Crippen LogP contribution in [-0.4, -0.2) is 24.8 Å². The van der Waals surface area contributed by atoms with E-state index in [0.29, 0.717) is 50.2 Å². The number of benzene rings is 2. The summed E-state index contributed by atoms with van der Waals surface area (Å²) >= 11 is 12.1. The molecule has 0 heterocycles. The van der Waals surface area contributed by atoms with Gasteiger partial charge >= 0.3 is 5.97 Å². The zero-order valence-corrected chi connectivity index (χ0v) is 16.5. The standard InChI is InChI=1S/C21H17Cl2NO4/c1-3-4-14-7-13(9-19(27-2)21(14)28-12-20(25)26)8-15(11-24)17-6-5-16(22)10-18(17)23/h3,5-10H,1,4,12H2,2H3,(H,25,26)/b15-8-. The molecule has 0 aliphatic carbocycles. The zero-order chi connectivity index (χ0) is 20.7. The fourth-order valence-corrected chi connectivity index (χ4v) is 3.08. The second-order valence-electron chi connectivity index (χ2n) is 5.68. The highest BCUT2D eigenvalue weighted by molar-refractivity contribution is 6.36. The van der Waals surface area contributed by atoms with Gasteiger partial charge in [0.05, 0.1) is 23.8 Å². The van der Waals surface area contributed by atoms with Crippen molar-refractivity contribution >= 4 is 40.8 Å². The lowest BCUT2D eigenvalue weighted by atomic mass is 10.0. The second-order valence-corrected chi connectivity index (χ2v) is 6.52. The van der Waals surface area contributed by atoms with Crippen LogP contribution in [0, 0.1) is 11.3 Å². The van der Waals surface area contributed by atoms with Crippen LogP contribution in [0.25, 0.3) is 11.6 Å². The maximum atomic E-state index is 10.9. The van der Waals surface area contributed by atoms with Crippen LogP contribution >= 0.6 is 23.2 Å². The lowest BCUT2D eigenvalue weighted by Crippen LogP contribution is -2.11. The Balaban J connectivity index is 2.56. The number of nitriles is 1. The van der Waals surface area contributed by atoms with Crippen molar-refractivity contribution in [3.05, 3.63) is 69.7 Å². The topological polar surface area (TPSA) is 79.5 Å². The molecule has 0 aromatic heterocycles. The molecule has 0 radical (unpaired) electrons. The molecule has 0 atom stereocenters. The maximum absolute atomic E-state index is 10.9. The van der Waals surface area contributed by atoms with E-state index in [0.717, 1.165) is 0 Å². The Morgan fingerprint density at radius 2 is 2.07 bits per heavy atom. The van der Waals surface area contributed by atoms with Gasteiger partial charge in [-0.05, 0) is 42.3 Å². The van der Waals surface area contributed by atoms with E-state index in [1.54, 1.807) is 42.5 Å². The average Bonchev–Trinajstić information content (AvgIpc) is 2.65. The number of carboxylic acids is 1. The van der Waals surface area contributed by atoms with Gasteiger partial charge < -0.3 is 14.6 Å². The van der Waals surface area contributed by atoms with Gasteiger partial charge in [-0.25, -0.2) is 4.79 Å². The maximum Gasteiger partial charge on any atom is 0.341 e. The molecular formula is C21H17Cl2NO4. The lowest BCUT2D eigenvalue weighted by molar-refractivity contribution is -0.139. The summed E-state index contributed by atoms with van der Waals surface area (Å²) in [6.07, 6.45) is 3.75. The van der Waals surface area contributed by atoms with Gasteiger partial charge in [-0.15, -0.1) is 6.58 Å². The van der Waals surface area contributed by atoms with Crippen LogP contribution in [-0.2, 0) is 11.2 Å². The van der Waals surface area contributed by atoms with E-state index in [-0.39, 0.29) is 0 Å². The van der Waals surface area contributed by atoms with E-state index in [2.05, 4.69) is 12.6 Å². The van der Waals surface area contributed by atoms with Gasteiger partial charge in [0.1, 0.15) is 0 Å². The summed E-state index contributed by atoms with van der Waals surface area (Å²) in [5, 5.41) is 19.3. The van der Waals surface area contributed by atoms with E-state index in [1.165, 1.54) is 7.11 Å². The van der Waals surface area contributed by atoms with Crippen molar-refractivity contribution in [2.75, 3.05) is 13.7 Å². The van der Waals surface area contributed by atoms with Gasteiger partial charge in [0, 0.05) is 16.1 Å². The minimum atomic E-state index is -1.10. The first-order valence-corrected chi connectivity index (χ1v) is 8.88. The molecule has 1 N–H and O–H groups in total. The number of methoxy groups -OCH3 is 1. The van der Waals surface area contributed by atoms with E-state index in [1.807, 2.05) is 0 Å². The summed E-state index contributed by atoms with van der Waals surface area (Å²) in [4.78, 5) is 10.9. The summed E-state index contributed by atoms with van der Waals surface area (Å²) in [5.74, 6) is -0.420. The smallest absolute Gasteiger partial charge is 0.341 e. The van der Waals surface area contributed by atoms with E-state index < -0.39 is 12.6 Å². The molecule has 28 heavy (non-hydrogen) atoms. The van der Waals surface area contributed by atoms with Crippen LogP contribution < -0.4 is 9.47 Å². The predicted octanol–water partition coefficient (Wildman–Crippen LogP) is 5.26. The summed E-state index contributed by atoms with van der Waals surface area (Å²) < 4.78 is 10.7. The molecule has 0 amide bonds. The number of carbonyl (C=O) groups is 1. The molecular weight excluding hydrogens is 401 g/mol. The Bertz CT molecular complexity index is 977. The summed E-state index contributed by atoms with van der Waals surface area (Å²) in [5.41, 5.74) is 2.23. The van der Waals surface area contributed by atoms with Crippen molar-refractivity contribution in [1.82, 2.24) is 0 Å². The number of hydrogen-bond donors (Lipinski definition) is 1. The van der Waals surface area contributed by atoms with Crippen molar-refractivity contribution in [2.24, 2.45) is 0 Å². The van der Waals surface area contributed by atoms with Crippen LogP contribution in [0.2, 0.25) is 10.0 Å². The number of halogens is 2. The molecule has 0 saturated heterocycles. The third kappa shape index (κ3) is 5.29. The van der Waals surface area contributed by atoms with Crippen LogP contribution in [0.4, 0.5) is 0 Å². The molecule has 5 nitrogen and oxygen atoms in total. The van der Waals surface area contributed by atoms with Gasteiger partial charge in [-0.3, -0.25) is 0 Å². The molecule has 144 valence electrons. The molecule has 0 unspecified atom stereocenters. The minimum Gasteiger partial charge on any atom is -0.493 e. The summed E-state index contributed by atoms with van der Waals surface area (Å²) in [7, 11) is 1.45. The number of nitrogens with zero attached hydrogens (tertiary/aromatic N) is 1. The molecule has 0 saturated carbocycles. The number of rotatable bonds is 8. The molecule has 2 aromatic rings. The number of allylic oxidation sites excluding steroid dienone is 2. The summed E-state index contributed by atoms with van der Waals surface area (Å²) in [6.45, 7) is 3.21. The van der Waals surface area contributed by atoms with Crippen molar-refractivity contribution < 1.29 is 19.4 Å². The fraction of sp³-hybridized carbons (Fsp3) is 0.143. The van der Waals surface area contributed by atoms with Gasteiger partial charge in [-0.1, -0.05) is 35.3 Å². The quantitative estimate of drug-likeness (QED) is 0.360. The minimum absolute atomic E-state index is 0.324. The van der Waals surface area contributed by atoms with Crippen LogP contribution in [0.5, 0.6) is 11.5 Å². The average molecular weight is 418 g/mol. The Morgan fingerprint density at radius 3 is 2.64 bits per heavy atom. The molecule has 0 spiro atoms. The number of ether oxygens (including phenoxy) is 2. The number of hydrogen-bond acceptors (Lipinski definition) is 4. The van der Waals surface area contributed by atoms with Crippen LogP contribution in [0.1, 0.15) is 16.7 Å². The first-order chi connectivity index (χ1) is 13.4. The number of carboxylic acid groups (broad SMARTS) is 1. The van der Waals surface area contributed by atoms with Gasteiger partial charge in [-0.2, -0.15) is 5.26 Å². The molecule has 0 bridgehead atoms. The lowest BCUT2D eigenvalue weighted by Gasteiger charge is -2.15. The first kappa shape index (κ1) is 21.4. The normalized spacial score (nSPS) is 10.9. The summed E-state index contributed by atoms with van der Waals surface area (Å²) in [6, 6.07) is 10.5. The highest BCUT2D eigenvalue weighted by atomic mass is 35.5. The van der Waals surface area contributed by atoms with Crippen molar-refractivity contribution in [1.29, 1.82) is 5.26 Å². The third-order valence-electron chi connectivity index (χ3n) is 3.73. The van der Waals surface area contributed by atoms with Crippen LogP contribution in [0.3, 0.4) is 0 Å². The fourth-order valence-electron chi connectivity index (χ4n) is 2.57. The van der Waals surface area contributed by atoms with E-state index in [9.17, 15) is 10.1 Å². The van der Waals surface area contributed by atoms with Crippen molar-refractivity contribution in [3.8, 4) is 17.6 Å². The van der Waals surface area contributed by atoms with E-state index >= 15 is 0 Å². The molecule has 0 aliphatic heterocycles. The predicted molar refractivity (Wildman–Crippen MR) is 110 cm³/mol. The molecule has 0 fully saturated rings. The molecule has 2 aromatic carbocycles. The van der Waals surface area contributed by atoms with Gasteiger partial charge in [0.25, 0.3) is 0 Å². The van der Waals surface area contributed by atoms with Gasteiger partial charge in [0.15, 0.2) is 18.1 Å². The van der Waals surface area contributed by atoms with Crippen LogP contribution in [0.15, 0.2) is 43.0 Å². The van der Waals surface area contributed by atoms with Gasteiger partial charge in [0.2, 0.25) is 0 Å². The Kier molecular flexibility index (Phi) is 7.51. The molecule has 7 heteroatoms. The van der Waals surface area contributed by atoms with Crippen molar-refractivity contribution in [2.45, 2.75) is 6.42 Å². The monoisotopic (exact) mass is 417 g/mol. The highest BCUT2D eigenvalue weighted by Gasteiger charge is 2.15. The van der Waals surface area contributed by atoms with E-state index in [4.69, 9.17) is 37.8 Å². The van der Waals surface area contributed by atoms with Crippen molar-refractivity contribution in [3.63, 3.8) is 0 Å². The largest absolute Gasteiger partial charge is 0.493 e. The molecule has 0 aliphatic rings. The third-order valence-corrected chi connectivity index (χ3v) is 4.28. The first-order valence-electron chi connectivity index (χ1n) is 8.13.